The molecule has 0 saturated heterocycles. The van der Waals surface area contributed by atoms with Crippen LogP contribution < -0.4 is 5.32 Å². The Hall–Kier alpha value is -1.97. The van der Waals surface area contributed by atoms with Gasteiger partial charge in [-0.15, -0.1) is 0 Å². The maximum absolute atomic E-state index is 13.4. The zero-order chi connectivity index (χ0) is 14.1. The van der Waals surface area contributed by atoms with Gasteiger partial charge in [-0.2, -0.15) is 0 Å². The molecule has 3 rings (SSSR count). The molecule has 104 valence electrons. The zero-order valence-corrected chi connectivity index (χ0v) is 11.8. The molecule has 1 aromatic heterocycles. The Morgan fingerprint density at radius 2 is 2.10 bits per heavy atom. The fourth-order valence-electron chi connectivity index (χ4n) is 2.31. The van der Waals surface area contributed by atoms with Crippen LogP contribution in [0.4, 0.5) is 10.2 Å². The van der Waals surface area contributed by atoms with Gasteiger partial charge < -0.3 is 5.32 Å². The van der Waals surface area contributed by atoms with Crippen LogP contribution in [0.25, 0.3) is 11.3 Å². The average molecular weight is 271 g/mol. The number of aromatic nitrogens is 2. The van der Waals surface area contributed by atoms with Crippen molar-refractivity contribution in [2.45, 2.75) is 32.6 Å². The number of hydrogen-bond donors (Lipinski definition) is 1. The van der Waals surface area contributed by atoms with E-state index in [4.69, 9.17) is 0 Å². The third-order valence-corrected chi connectivity index (χ3v) is 3.55. The van der Waals surface area contributed by atoms with Crippen LogP contribution in [0.5, 0.6) is 0 Å². The standard InChI is InChI=1S/C16H18FN3/c1-3-18-15-10(2)14(12-5-4-6-13(17)9-12)19-16(20-15)11-7-8-11/h4-6,9,11H,3,7-8H2,1-2H3,(H,18,19,20). The van der Waals surface area contributed by atoms with Gasteiger partial charge in [-0.05, 0) is 38.8 Å². The molecule has 0 spiro atoms. The van der Waals surface area contributed by atoms with Crippen molar-refractivity contribution in [3.63, 3.8) is 0 Å². The van der Waals surface area contributed by atoms with Crippen molar-refractivity contribution in [2.24, 2.45) is 0 Å². The number of rotatable bonds is 4. The Labute approximate surface area is 118 Å². The number of hydrogen-bond acceptors (Lipinski definition) is 3. The van der Waals surface area contributed by atoms with E-state index < -0.39 is 0 Å². The van der Waals surface area contributed by atoms with Crippen LogP contribution in [-0.4, -0.2) is 16.5 Å². The molecule has 1 fully saturated rings. The Morgan fingerprint density at radius 1 is 1.30 bits per heavy atom. The summed E-state index contributed by atoms with van der Waals surface area (Å²) in [7, 11) is 0. The molecule has 1 N–H and O–H groups in total. The predicted octanol–water partition coefficient (Wildman–Crippen LogP) is 3.90. The van der Waals surface area contributed by atoms with Crippen LogP contribution in [0.2, 0.25) is 0 Å². The monoisotopic (exact) mass is 271 g/mol. The third-order valence-electron chi connectivity index (χ3n) is 3.55. The largest absolute Gasteiger partial charge is 0.370 e. The minimum absolute atomic E-state index is 0.238. The first-order valence-corrected chi connectivity index (χ1v) is 7.07. The maximum Gasteiger partial charge on any atom is 0.134 e. The van der Waals surface area contributed by atoms with Crippen molar-refractivity contribution in [2.75, 3.05) is 11.9 Å². The number of nitrogens with zero attached hydrogens (tertiary/aromatic N) is 2. The summed E-state index contributed by atoms with van der Waals surface area (Å²) in [5.74, 6) is 1.98. The molecule has 2 aromatic rings. The molecule has 0 aliphatic heterocycles. The van der Waals surface area contributed by atoms with Crippen molar-refractivity contribution in [1.82, 2.24) is 9.97 Å². The molecule has 1 aliphatic carbocycles. The van der Waals surface area contributed by atoms with E-state index in [1.807, 2.05) is 19.9 Å². The molecule has 0 radical (unpaired) electrons. The summed E-state index contributed by atoms with van der Waals surface area (Å²) in [5, 5.41) is 3.28. The summed E-state index contributed by atoms with van der Waals surface area (Å²) < 4.78 is 13.4. The van der Waals surface area contributed by atoms with Gasteiger partial charge in [0, 0.05) is 23.6 Å². The predicted molar refractivity (Wildman–Crippen MR) is 78.3 cm³/mol. The summed E-state index contributed by atoms with van der Waals surface area (Å²) in [6, 6.07) is 6.59. The molecule has 1 aliphatic rings. The molecule has 4 heteroatoms. The highest BCUT2D eigenvalue weighted by molar-refractivity contribution is 5.68. The van der Waals surface area contributed by atoms with Crippen molar-refractivity contribution in [3.05, 3.63) is 41.5 Å². The van der Waals surface area contributed by atoms with Crippen molar-refractivity contribution in [1.29, 1.82) is 0 Å². The highest BCUT2D eigenvalue weighted by Gasteiger charge is 2.28. The first-order valence-electron chi connectivity index (χ1n) is 7.07. The first-order chi connectivity index (χ1) is 9.69. The average Bonchev–Trinajstić information content (AvgIpc) is 3.26. The highest BCUT2D eigenvalue weighted by Crippen LogP contribution is 2.40. The van der Waals surface area contributed by atoms with Gasteiger partial charge in [0.05, 0.1) is 5.69 Å². The molecular formula is C16H18FN3. The second-order valence-corrected chi connectivity index (χ2v) is 5.22. The van der Waals surface area contributed by atoms with Crippen LogP contribution in [0.1, 0.15) is 37.1 Å². The van der Waals surface area contributed by atoms with Crippen LogP contribution in [-0.2, 0) is 0 Å². The number of nitrogens with one attached hydrogen (secondary N) is 1. The lowest BCUT2D eigenvalue weighted by Gasteiger charge is -2.13. The lowest BCUT2D eigenvalue weighted by molar-refractivity contribution is 0.628. The van der Waals surface area contributed by atoms with Gasteiger partial charge in [0.1, 0.15) is 17.5 Å². The van der Waals surface area contributed by atoms with E-state index in [2.05, 4.69) is 15.3 Å². The SMILES string of the molecule is CCNc1nc(C2CC2)nc(-c2cccc(F)c2)c1C. The first kappa shape index (κ1) is 13.0. The highest BCUT2D eigenvalue weighted by atomic mass is 19.1. The summed E-state index contributed by atoms with van der Waals surface area (Å²) in [5.41, 5.74) is 2.62. The molecule has 3 nitrogen and oxygen atoms in total. The van der Waals surface area contributed by atoms with Crippen LogP contribution in [0.3, 0.4) is 0 Å². The van der Waals surface area contributed by atoms with Crippen LogP contribution >= 0.6 is 0 Å². The quantitative estimate of drug-likeness (QED) is 0.916. The smallest absolute Gasteiger partial charge is 0.134 e. The lowest BCUT2D eigenvalue weighted by atomic mass is 10.1. The Bertz CT molecular complexity index is 636. The topological polar surface area (TPSA) is 37.8 Å². The van der Waals surface area contributed by atoms with Gasteiger partial charge in [0.2, 0.25) is 0 Å². The van der Waals surface area contributed by atoms with Crippen LogP contribution in [0.15, 0.2) is 24.3 Å². The molecule has 0 amide bonds. The van der Waals surface area contributed by atoms with Gasteiger partial charge in [-0.25, -0.2) is 14.4 Å². The van der Waals surface area contributed by atoms with Gasteiger partial charge in [0.15, 0.2) is 0 Å². The minimum atomic E-state index is -0.238. The summed E-state index contributed by atoms with van der Waals surface area (Å²) in [6.07, 6.45) is 2.30. The van der Waals surface area contributed by atoms with Crippen molar-refractivity contribution >= 4 is 5.82 Å². The second-order valence-electron chi connectivity index (χ2n) is 5.22. The fraction of sp³-hybridized carbons (Fsp3) is 0.375. The van der Waals surface area contributed by atoms with E-state index >= 15 is 0 Å². The Balaban J connectivity index is 2.12. The summed E-state index contributed by atoms with van der Waals surface area (Å²) in [6.45, 7) is 4.83. The van der Waals surface area contributed by atoms with E-state index in [1.165, 1.54) is 12.1 Å². The summed E-state index contributed by atoms with van der Waals surface area (Å²) in [4.78, 5) is 9.29. The molecular weight excluding hydrogens is 253 g/mol. The number of halogens is 1. The maximum atomic E-state index is 13.4. The minimum Gasteiger partial charge on any atom is -0.370 e. The number of benzene rings is 1. The molecule has 1 aromatic carbocycles. The third kappa shape index (κ3) is 2.50. The van der Waals surface area contributed by atoms with E-state index in [0.717, 1.165) is 47.8 Å². The summed E-state index contributed by atoms with van der Waals surface area (Å²) >= 11 is 0. The van der Waals surface area contributed by atoms with Gasteiger partial charge in [0.25, 0.3) is 0 Å². The zero-order valence-electron chi connectivity index (χ0n) is 11.8. The molecule has 0 atom stereocenters. The molecule has 0 bridgehead atoms. The molecule has 20 heavy (non-hydrogen) atoms. The molecule has 1 saturated carbocycles. The van der Waals surface area contributed by atoms with Crippen molar-refractivity contribution < 1.29 is 4.39 Å². The second kappa shape index (κ2) is 5.19. The fourth-order valence-corrected chi connectivity index (χ4v) is 2.31. The molecule has 1 heterocycles. The normalized spacial score (nSPS) is 14.3. The lowest BCUT2D eigenvalue weighted by Crippen LogP contribution is -2.07. The van der Waals surface area contributed by atoms with Gasteiger partial charge in [-0.3, -0.25) is 0 Å². The van der Waals surface area contributed by atoms with Gasteiger partial charge >= 0.3 is 0 Å². The van der Waals surface area contributed by atoms with Gasteiger partial charge in [-0.1, -0.05) is 12.1 Å². The van der Waals surface area contributed by atoms with E-state index in [9.17, 15) is 4.39 Å². The van der Waals surface area contributed by atoms with E-state index in [-0.39, 0.29) is 5.82 Å². The van der Waals surface area contributed by atoms with E-state index in [1.54, 1.807) is 6.07 Å². The Morgan fingerprint density at radius 3 is 2.75 bits per heavy atom. The van der Waals surface area contributed by atoms with E-state index in [0.29, 0.717) is 5.92 Å². The Kier molecular flexibility index (Phi) is 3.38. The van der Waals surface area contributed by atoms with Crippen molar-refractivity contribution in [3.8, 4) is 11.3 Å². The molecule has 0 unspecified atom stereocenters. The number of anilines is 1. The van der Waals surface area contributed by atoms with Crippen LogP contribution in [0, 0.1) is 12.7 Å².